The first-order valence-electron chi connectivity index (χ1n) is 10.0. The minimum absolute atomic E-state index is 0.170. The summed E-state index contributed by atoms with van der Waals surface area (Å²) in [6, 6.07) is 23.0. The van der Waals surface area contributed by atoms with Gasteiger partial charge in [-0.15, -0.1) is 11.8 Å². The number of nitrogens with zero attached hydrogens (tertiary/aromatic N) is 2. The third kappa shape index (κ3) is 3.38. The standard InChI is InChI=1S/C25H22N2OS/c1-17-7-4-11-20(15-17)27-23-14-6-13-22(23)24(26-25(27)28)29-16-19-10-5-9-18-8-2-3-12-21(18)19/h2-5,7-12,15H,6,13-14,16H2,1H3. The topological polar surface area (TPSA) is 34.9 Å². The number of hydrogen-bond acceptors (Lipinski definition) is 3. The number of fused-ring (bicyclic) bond motifs is 2. The van der Waals surface area contributed by atoms with Crippen LogP contribution >= 0.6 is 11.8 Å². The zero-order valence-electron chi connectivity index (χ0n) is 16.4. The minimum atomic E-state index is -0.170. The Morgan fingerprint density at radius 3 is 2.72 bits per heavy atom. The molecule has 5 rings (SSSR count). The maximum absolute atomic E-state index is 13.0. The molecule has 0 N–H and O–H groups in total. The number of aryl methyl sites for hydroxylation is 1. The van der Waals surface area contributed by atoms with E-state index in [1.807, 2.05) is 16.7 Å². The molecule has 0 atom stereocenters. The summed E-state index contributed by atoms with van der Waals surface area (Å²) < 4.78 is 1.82. The number of thioether (sulfide) groups is 1. The second-order valence-electron chi connectivity index (χ2n) is 7.58. The SMILES string of the molecule is Cc1cccc(-n2c3c(c(SCc4cccc5ccccc45)nc2=O)CCC3)c1. The van der Waals surface area contributed by atoms with E-state index in [0.29, 0.717) is 0 Å². The Labute approximate surface area is 174 Å². The van der Waals surface area contributed by atoms with Crippen LogP contribution in [0.25, 0.3) is 16.5 Å². The molecule has 0 aliphatic heterocycles. The molecule has 1 aliphatic rings. The molecule has 4 aromatic rings. The van der Waals surface area contributed by atoms with Crippen LogP contribution in [-0.2, 0) is 18.6 Å². The Kier molecular flexibility index (Phi) is 4.72. The van der Waals surface area contributed by atoms with Gasteiger partial charge in [0.15, 0.2) is 0 Å². The van der Waals surface area contributed by atoms with E-state index in [9.17, 15) is 4.79 Å². The van der Waals surface area contributed by atoms with Crippen molar-refractivity contribution >= 4 is 22.5 Å². The Hall–Kier alpha value is -2.85. The van der Waals surface area contributed by atoms with Crippen molar-refractivity contribution in [2.24, 2.45) is 0 Å². The lowest BCUT2D eigenvalue weighted by molar-refractivity contribution is 0.802. The van der Waals surface area contributed by atoms with Gasteiger partial charge in [0, 0.05) is 17.0 Å². The Morgan fingerprint density at radius 1 is 1.00 bits per heavy atom. The number of aromatic nitrogens is 2. The summed E-state index contributed by atoms with van der Waals surface area (Å²) in [5, 5.41) is 3.42. The van der Waals surface area contributed by atoms with Crippen LogP contribution in [0.4, 0.5) is 0 Å². The van der Waals surface area contributed by atoms with E-state index in [2.05, 4.69) is 66.5 Å². The van der Waals surface area contributed by atoms with Crippen LogP contribution in [0, 0.1) is 6.92 Å². The highest BCUT2D eigenvalue weighted by atomic mass is 32.2. The summed E-state index contributed by atoms with van der Waals surface area (Å²) in [4.78, 5) is 17.5. The Morgan fingerprint density at radius 2 is 1.83 bits per heavy atom. The van der Waals surface area contributed by atoms with E-state index >= 15 is 0 Å². The molecule has 1 aromatic heterocycles. The molecule has 0 amide bonds. The third-order valence-corrected chi connectivity index (χ3v) is 6.68. The van der Waals surface area contributed by atoms with Crippen LogP contribution in [0.3, 0.4) is 0 Å². The van der Waals surface area contributed by atoms with Crippen molar-refractivity contribution < 1.29 is 0 Å². The van der Waals surface area contributed by atoms with Gasteiger partial charge < -0.3 is 0 Å². The normalized spacial score (nSPS) is 13.0. The molecule has 0 saturated heterocycles. The fraction of sp³-hybridized carbons (Fsp3) is 0.200. The van der Waals surface area contributed by atoms with E-state index < -0.39 is 0 Å². The van der Waals surface area contributed by atoms with Crippen LogP contribution in [0.15, 0.2) is 76.6 Å². The van der Waals surface area contributed by atoms with Gasteiger partial charge in [0.2, 0.25) is 0 Å². The van der Waals surface area contributed by atoms with E-state index in [1.165, 1.54) is 21.9 Å². The van der Waals surface area contributed by atoms with E-state index in [-0.39, 0.29) is 5.69 Å². The summed E-state index contributed by atoms with van der Waals surface area (Å²) >= 11 is 1.69. The average molecular weight is 399 g/mol. The van der Waals surface area contributed by atoms with E-state index in [4.69, 9.17) is 0 Å². The molecular weight excluding hydrogens is 376 g/mol. The summed E-state index contributed by atoms with van der Waals surface area (Å²) in [6.07, 6.45) is 3.00. The lowest BCUT2D eigenvalue weighted by Gasteiger charge is -2.15. The van der Waals surface area contributed by atoms with E-state index in [1.54, 1.807) is 11.8 Å². The summed E-state index contributed by atoms with van der Waals surface area (Å²) in [5.74, 6) is 0.814. The van der Waals surface area contributed by atoms with Crippen molar-refractivity contribution in [3.63, 3.8) is 0 Å². The van der Waals surface area contributed by atoms with Crippen molar-refractivity contribution in [3.05, 3.63) is 99.6 Å². The molecule has 0 radical (unpaired) electrons. The number of rotatable bonds is 4. The van der Waals surface area contributed by atoms with Gasteiger partial charge in [-0.05, 0) is 60.2 Å². The van der Waals surface area contributed by atoms with Crippen molar-refractivity contribution in [1.29, 1.82) is 0 Å². The molecule has 4 heteroatoms. The summed E-state index contributed by atoms with van der Waals surface area (Å²) in [7, 11) is 0. The lowest BCUT2D eigenvalue weighted by Crippen LogP contribution is -2.25. The maximum Gasteiger partial charge on any atom is 0.353 e. The van der Waals surface area contributed by atoms with Crippen molar-refractivity contribution in [2.45, 2.75) is 37.0 Å². The predicted molar refractivity (Wildman–Crippen MR) is 120 cm³/mol. The molecule has 0 spiro atoms. The van der Waals surface area contributed by atoms with Crippen molar-refractivity contribution in [3.8, 4) is 5.69 Å². The lowest BCUT2D eigenvalue weighted by atomic mass is 10.1. The molecule has 0 bridgehead atoms. The monoisotopic (exact) mass is 398 g/mol. The first kappa shape index (κ1) is 18.2. The molecule has 3 aromatic carbocycles. The highest BCUT2D eigenvalue weighted by Gasteiger charge is 2.23. The zero-order valence-corrected chi connectivity index (χ0v) is 17.2. The molecule has 0 saturated carbocycles. The van der Waals surface area contributed by atoms with Gasteiger partial charge in [-0.25, -0.2) is 4.79 Å². The molecule has 0 fully saturated rings. The molecule has 3 nitrogen and oxygen atoms in total. The van der Waals surface area contributed by atoms with Gasteiger partial charge >= 0.3 is 5.69 Å². The number of hydrogen-bond donors (Lipinski definition) is 0. The quantitative estimate of drug-likeness (QED) is 0.337. The highest BCUT2D eigenvalue weighted by Crippen LogP contribution is 2.33. The smallest absolute Gasteiger partial charge is 0.265 e. The van der Waals surface area contributed by atoms with Gasteiger partial charge in [0.25, 0.3) is 0 Å². The van der Waals surface area contributed by atoms with Gasteiger partial charge in [0.1, 0.15) is 5.03 Å². The maximum atomic E-state index is 13.0. The third-order valence-electron chi connectivity index (χ3n) is 5.61. The fourth-order valence-electron chi connectivity index (χ4n) is 4.24. The second-order valence-corrected chi connectivity index (χ2v) is 8.54. The van der Waals surface area contributed by atoms with Crippen LogP contribution in [-0.4, -0.2) is 9.55 Å². The highest BCUT2D eigenvalue weighted by molar-refractivity contribution is 7.98. The average Bonchev–Trinajstić information content (AvgIpc) is 3.21. The molecule has 1 heterocycles. The molecule has 1 aliphatic carbocycles. The predicted octanol–water partition coefficient (Wildman–Crippen LogP) is 5.48. The van der Waals surface area contributed by atoms with Crippen LogP contribution in [0.5, 0.6) is 0 Å². The van der Waals surface area contributed by atoms with Gasteiger partial charge in [-0.2, -0.15) is 4.98 Å². The first-order valence-corrected chi connectivity index (χ1v) is 11.0. The molecular formula is C25H22N2OS. The Bertz CT molecular complexity index is 1270. The summed E-state index contributed by atoms with van der Waals surface area (Å²) in [5.41, 5.74) is 5.57. The van der Waals surface area contributed by atoms with Crippen LogP contribution in [0.1, 0.15) is 28.8 Å². The van der Waals surface area contributed by atoms with Gasteiger partial charge in [0.05, 0.1) is 5.69 Å². The second kappa shape index (κ2) is 7.53. The first-order chi connectivity index (χ1) is 14.2. The van der Waals surface area contributed by atoms with Gasteiger partial charge in [-0.1, -0.05) is 54.6 Å². The fourth-order valence-corrected chi connectivity index (χ4v) is 5.32. The van der Waals surface area contributed by atoms with Crippen LogP contribution in [0.2, 0.25) is 0 Å². The van der Waals surface area contributed by atoms with Crippen LogP contribution < -0.4 is 5.69 Å². The molecule has 144 valence electrons. The molecule has 0 unspecified atom stereocenters. The largest absolute Gasteiger partial charge is 0.353 e. The van der Waals surface area contributed by atoms with Crippen molar-refractivity contribution in [2.75, 3.05) is 0 Å². The van der Waals surface area contributed by atoms with Gasteiger partial charge in [-0.3, -0.25) is 4.57 Å². The summed E-state index contributed by atoms with van der Waals surface area (Å²) in [6.45, 7) is 2.05. The Balaban J connectivity index is 1.53. The molecule has 29 heavy (non-hydrogen) atoms. The minimum Gasteiger partial charge on any atom is -0.265 e. The van der Waals surface area contributed by atoms with E-state index in [0.717, 1.165) is 47.0 Å². The van der Waals surface area contributed by atoms with Crippen molar-refractivity contribution in [1.82, 2.24) is 9.55 Å². The number of benzene rings is 3. The zero-order chi connectivity index (χ0) is 19.8.